The quantitative estimate of drug-likeness (QED) is 0.761. The van der Waals surface area contributed by atoms with Gasteiger partial charge in [-0.25, -0.2) is 0 Å². The van der Waals surface area contributed by atoms with Crippen molar-refractivity contribution in [3.05, 3.63) is 35.9 Å². The third-order valence-corrected chi connectivity index (χ3v) is 4.25. The van der Waals surface area contributed by atoms with E-state index in [1.54, 1.807) is 0 Å². The van der Waals surface area contributed by atoms with Gasteiger partial charge < -0.3 is 10.6 Å². The van der Waals surface area contributed by atoms with E-state index < -0.39 is 0 Å². The lowest BCUT2D eigenvalue weighted by atomic mass is 10.0. The smallest absolute Gasteiger partial charge is 0.234 e. The van der Waals surface area contributed by atoms with Crippen LogP contribution in [0.2, 0.25) is 0 Å². The molecule has 0 bridgehead atoms. The number of benzene rings is 1. The zero-order valence-corrected chi connectivity index (χ0v) is 12.0. The van der Waals surface area contributed by atoms with Gasteiger partial charge in [0.15, 0.2) is 0 Å². The van der Waals surface area contributed by atoms with Gasteiger partial charge in [0.25, 0.3) is 0 Å². The van der Waals surface area contributed by atoms with Crippen LogP contribution >= 0.6 is 0 Å². The Morgan fingerprint density at radius 2 is 1.90 bits per heavy atom. The SMILES string of the molecule is O=C(CNCC1CC1)NC(Cc1ccccc1)C1CC1. The maximum absolute atomic E-state index is 12.0. The fraction of sp³-hybridized carbons (Fsp3) is 0.588. The molecule has 2 aliphatic rings. The first-order chi connectivity index (χ1) is 9.81. The van der Waals surface area contributed by atoms with E-state index in [4.69, 9.17) is 0 Å². The van der Waals surface area contributed by atoms with Crippen molar-refractivity contribution >= 4 is 5.91 Å². The molecule has 108 valence electrons. The van der Waals surface area contributed by atoms with Gasteiger partial charge in [0.05, 0.1) is 6.54 Å². The molecule has 1 aromatic rings. The second-order valence-corrected chi connectivity index (χ2v) is 6.28. The van der Waals surface area contributed by atoms with Gasteiger partial charge in [-0.1, -0.05) is 30.3 Å². The maximum atomic E-state index is 12.0. The lowest BCUT2D eigenvalue weighted by molar-refractivity contribution is -0.121. The Balaban J connectivity index is 1.45. The van der Waals surface area contributed by atoms with E-state index >= 15 is 0 Å². The maximum Gasteiger partial charge on any atom is 0.234 e. The molecule has 2 aliphatic carbocycles. The van der Waals surface area contributed by atoms with Crippen molar-refractivity contribution in [3.63, 3.8) is 0 Å². The summed E-state index contributed by atoms with van der Waals surface area (Å²) < 4.78 is 0. The predicted molar refractivity (Wildman–Crippen MR) is 80.4 cm³/mol. The largest absolute Gasteiger partial charge is 0.352 e. The fourth-order valence-corrected chi connectivity index (χ4v) is 2.67. The Kier molecular flexibility index (Phi) is 4.36. The van der Waals surface area contributed by atoms with Crippen molar-refractivity contribution < 1.29 is 4.79 Å². The van der Waals surface area contributed by atoms with Crippen molar-refractivity contribution in [2.45, 2.75) is 38.1 Å². The van der Waals surface area contributed by atoms with Crippen LogP contribution < -0.4 is 10.6 Å². The highest BCUT2D eigenvalue weighted by Gasteiger charge is 2.32. The van der Waals surface area contributed by atoms with Crippen LogP contribution in [0.25, 0.3) is 0 Å². The molecule has 1 unspecified atom stereocenters. The molecule has 0 heterocycles. The van der Waals surface area contributed by atoms with Gasteiger partial charge in [0.2, 0.25) is 5.91 Å². The van der Waals surface area contributed by atoms with Gasteiger partial charge in [-0.2, -0.15) is 0 Å². The summed E-state index contributed by atoms with van der Waals surface area (Å²) >= 11 is 0. The van der Waals surface area contributed by atoms with Gasteiger partial charge in [-0.3, -0.25) is 4.79 Å². The van der Waals surface area contributed by atoms with Gasteiger partial charge in [0, 0.05) is 6.04 Å². The molecule has 0 aromatic heterocycles. The van der Waals surface area contributed by atoms with Gasteiger partial charge in [0.1, 0.15) is 0 Å². The van der Waals surface area contributed by atoms with Crippen LogP contribution in [0.5, 0.6) is 0 Å². The summed E-state index contributed by atoms with van der Waals surface area (Å²) in [6.07, 6.45) is 6.13. The van der Waals surface area contributed by atoms with Crippen LogP contribution in [0.1, 0.15) is 31.2 Å². The van der Waals surface area contributed by atoms with E-state index in [0.717, 1.165) is 18.9 Å². The highest BCUT2D eigenvalue weighted by molar-refractivity contribution is 5.78. The molecule has 1 amide bonds. The molecular formula is C17H24N2O. The fourth-order valence-electron chi connectivity index (χ4n) is 2.67. The predicted octanol–water partition coefficient (Wildman–Crippen LogP) is 2.12. The van der Waals surface area contributed by atoms with Crippen molar-refractivity contribution in [2.75, 3.05) is 13.1 Å². The Morgan fingerprint density at radius 1 is 1.15 bits per heavy atom. The monoisotopic (exact) mass is 272 g/mol. The first-order valence-electron chi connectivity index (χ1n) is 7.85. The van der Waals surface area contributed by atoms with Gasteiger partial charge in [-0.05, 0) is 56.0 Å². The number of nitrogens with one attached hydrogen (secondary N) is 2. The third kappa shape index (κ3) is 4.34. The molecule has 1 aromatic carbocycles. The number of amides is 1. The lowest BCUT2D eigenvalue weighted by Gasteiger charge is -2.18. The number of hydrogen-bond donors (Lipinski definition) is 2. The zero-order valence-electron chi connectivity index (χ0n) is 12.0. The molecule has 2 N–H and O–H groups in total. The number of hydrogen-bond acceptors (Lipinski definition) is 2. The average molecular weight is 272 g/mol. The van der Waals surface area contributed by atoms with Crippen LogP contribution in [0, 0.1) is 11.8 Å². The molecular weight excluding hydrogens is 248 g/mol. The van der Waals surface area contributed by atoms with Gasteiger partial charge >= 0.3 is 0 Å². The minimum atomic E-state index is 0.151. The Morgan fingerprint density at radius 3 is 2.55 bits per heavy atom. The average Bonchev–Trinajstić information content (AvgIpc) is 3.32. The van der Waals surface area contributed by atoms with Crippen LogP contribution in [0.4, 0.5) is 0 Å². The Hall–Kier alpha value is -1.35. The highest BCUT2D eigenvalue weighted by Crippen LogP contribution is 2.34. The summed E-state index contributed by atoms with van der Waals surface area (Å²) in [5.41, 5.74) is 1.32. The molecule has 0 saturated heterocycles. The van der Waals surface area contributed by atoms with Crippen molar-refractivity contribution in [1.29, 1.82) is 0 Å². The lowest BCUT2D eigenvalue weighted by Crippen LogP contribution is -2.43. The minimum absolute atomic E-state index is 0.151. The molecule has 20 heavy (non-hydrogen) atoms. The summed E-state index contributed by atoms with van der Waals surface area (Å²) in [5.74, 6) is 1.66. The van der Waals surface area contributed by atoms with Crippen LogP contribution in [0.3, 0.4) is 0 Å². The van der Waals surface area contributed by atoms with Crippen LogP contribution in [-0.2, 0) is 11.2 Å². The second kappa shape index (κ2) is 6.40. The standard InChI is InChI=1S/C17H24N2O/c20-17(12-18-11-14-6-7-14)19-16(15-8-9-15)10-13-4-2-1-3-5-13/h1-5,14-16,18H,6-12H2,(H,19,20). The number of rotatable bonds is 8. The normalized spacial score (nSPS) is 19.6. The van der Waals surface area contributed by atoms with E-state index in [0.29, 0.717) is 18.5 Å². The zero-order chi connectivity index (χ0) is 13.8. The molecule has 2 saturated carbocycles. The molecule has 2 fully saturated rings. The van der Waals surface area contributed by atoms with Crippen LogP contribution in [-0.4, -0.2) is 25.0 Å². The molecule has 1 atom stereocenters. The summed E-state index contributed by atoms with van der Waals surface area (Å²) in [7, 11) is 0. The van der Waals surface area contributed by atoms with Crippen LogP contribution in [0.15, 0.2) is 30.3 Å². The van der Waals surface area contributed by atoms with E-state index in [9.17, 15) is 4.79 Å². The van der Waals surface area contributed by atoms with E-state index in [1.165, 1.54) is 31.2 Å². The molecule has 0 radical (unpaired) electrons. The molecule has 0 spiro atoms. The number of carbonyl (C=O) groups excluding carboxylic acids is 1. The van der Waals surface area contributed by atoms with Gasteiger partial charge in [-0.15, -0.1) is 0 Å². The first kappa shape index (κ1) is 13.6. The van der Waals surface area contributed by atoms with Crippen molar-refractivity contribution in [1.82, 2.24) is 10.6 Å². The molecule has 3 rings (SSSR count). The Labute approximate surface area is 121 Å². The summed E-state index contributed by atoms with van der Waals surface area (Å²) in [6, 6.07) is 10.8. The summed E-state index contributed by atoms with van der Waals surface area (Å²) in [5, 5.41) is 6.48. The topological polar surface area (TPSA) is 41.1 Å². The van der Waals surface area contributed by atoms with Crippen molar-refractivity contribution in [3.8, 4) is 0 Å². The molecule has 0 aliphatic heterocycles. The minimum Gasteiger partial charge on any atom is -0.352 e. The highest BCUT2D eigenvalue weighted by atomic mass is 16.2. The molecule has 3 nitrogen and oxygen atoms in total. The number of carbonyl (C=O) groups is 1. The van der Waals surface area contributed by atoms with Crippen molar-refractivity contribution in [2.24, 2.45) is 11.8 Å². The first-order valence-corrected chi connectivity index (χ1v) is 7.85. The summed E-state index contributed by atoms with van der Waals surface area (Å²) in [6.45, 7) is 1.47. The van der Waals surface area contributed by atoms with E-state index in [-0.39, 0.29) is 5.91 Å². The van der Waals surface area contributed by atoms with E-state index in [2.05, 4.69) is 34.9 Å². The Bertz CT molecular complexity index is 438. The van der Waals surface area contributed by atoms with E-state index in [1.807, 2.05) is 6.07 Å². The molecule has 3 heteroatoms. The third-order valence-electron chi connectivity index (χ3n) is 4.25. The second-order valence-electron chi connectivity index (χ2n) is 6.28. The summed E-state index contributed by atoms with van der Waals surface area (Å²) in [4.78, 5) is 12.0.